The van der Waals surface area contributed by atoms with Crippen LogP contribution in [0.5, 0.6) is 0 Å². The number of hydrogen-bond acceptors (Lipinski definition) is 4. The van der Waals surface area contributed by atoms with Crippen LogP contribution in [-0.2, 0) is 4.74 Å². The minimum Gasteiger partial charge on any atom is -0.383 e. The van der Waals surface area contributed by atoms with Gasteiger partial charge in [0.05, 0.1) is 17.3 Å². The third-order valence-corrected chi connectivity index (χ3v) is 6.12. The third kappa shape index (κ3) is 6.09. The third-order valence-electron chi connectivity index (χ3n) is 5.80. The average molecular weight is 457 g/mol. The maximum atomic E-state index is 12.7. The maximum absolute atomic E-state index is 12.7. The summed E-state index contributed by atoms with van der Waals surface area (Å²) in [6, 6.07) is 15.4. The molecule has 1 fully saturated rings. The Balaban J connectivity index is 1.87. The second-order valence-electron chi connectivity index (χ2n) is 7.76. The molecule has 1 aliphatic rings. The van der Waals surface area contributed by atoms with E-state index in [1.165, 1.54) is 0 Å². The summed E-state index contributed by atoms with van der Waals surface area (Å²) in [6.07, 6.45) is 0. The number of aliphatic imine (C=N–C) groups is 1. The van der Waals surface area contributed by atoms with E-state index < -0.39 is 0 Å². The molecule has 3 rings (SSSR count). The molecule has 32 heavy (non-hydrogen) atoms. The highest BCUT2D eigenvalue weighted by Crippen LogP contribution is 2.26. The van der Waals surface area contributed by atoms with Gasteiger partial charge in [-0.3, -0.25) is 9.69 Å². The van der Waals surface area contributed by atoms with Gasteiger partial charge in [0.15, 0.2) is 0 Å². The zero-order chi connectivity index (χ0) is 22.9. The molecule has 0 aromatic heterocycles. The molecule has 0 atom stereocenters. The summed E-state index contributed by atoms with van der Waals surface area (Å²) in [5.41, 5.74) is 2.42. The molecule has 1 heterocycles. The zero-order valence-electron chi connectivity index (χ0n) is 19.3. The number of piperazine rings is 1. The van der Waals surface area contributed by atoms with Crippen molar-refractivity contribution in [3.63, 3.8) is 0 Å². The monoisotopic (exact) mass is 456 g/mol. The van der Waals surface area contributed by atoms with E-state index >= 15 is 0 Å². The van der Waals surface area contributed by atoms with Crippen LogP contribution >= 0.6 is 11.6 Å². The van der Waals surface area contributed by atoms with Gasteiger partial charge in [0.25, 0.3) is 5.91 Å². The maximum Gasteiger partial charge on any atom is 0.253 e. The van der Waals surface area contributed by atoms with Crippen LogP contribution in [0.1, 0.15) is 29.8 Å². The first-order valence-corrected chi connectivity index (χ1v) is 11.6. The smallest absolute Gasteiger partial charge is 0.253 e. The lowest BCUT2D eigenvalue weighted by Gasteiger charge is -2.36. The van der Waals surface area contributed by atoms with Gasteiger partial charge in [0, 0.05) is 64.0 Å². The normalized spacial score (nSPS) is 15.1. The van der Waals surface area contributed by atoms with Crippen molar-refractivity contribution in [3.05, 3.63) is 64.7 Å². The Kier molecular flexibility index (Phi) is 9.09. The SMILES string of the molecule is CCN(CC)C(=O)c1ccc(C(=Nc2ccccc2Cl)N2CCN(CCOC)CC2)cc1. The average Bonchev–Trinajstić information content (AvgIpc) is 2.83. The lowest BCUT2D eigenvalue weighted by Crippen LogP contribution is -2.49. The van der Waals surface area contributed by atoms with Crippen LogP contribution in [0.2, 0.25) is 5.02 Å². The number of carbonyl (C=O) groups excluding carboxylic acids is 1. The molecule has 2 aromatic carbocycles. The van der Waals surface area contributed by atoms with E-state index in [-0.39, 0.29) is 5.91 Å². The molecule has 1 amide bonds. The Morgan fingerprint density at radius 2 is 1.62 bits per heavy atom. The van der Waals surface area contributed by atoms with Gasteiger partial charge in [-0.05, 0) is 38.1 Å². The van der Waals surface area contributed by atoms with Crippen LogP contribution in [0.4, 0.5) is 5.69 Å². The number of nitrogens with zero attached hydrogens (tertiary/aromatic N) is 4. The Bertz CT molecular complexity index is 904. The van der Waals surface area contributed by atoms with Gasteiger partial charge in [0.1, 0.15) is 5.84 Å². The zero-order valence-corrected chi connectivity index (χ0v) is 20.0. The van der Waals surface area contributed by atoms with Crippen molar-refractivity contribution in [1.82, 2.24) is 14.7 Å². The summed E-state index contributed by atoms with van der Waals surface area (Å²) < 4.78 is 5.22. The van der Waals surface area contributed by atoms with E-state index in [1.807, 2.05) is 67.3 Å². The molecule has 172 valence electrons. The van der Waals surface area contributed by atoms with Crippen LogP contribution < -0.4 is 0 Å². The minimum absolute atomic E-state index is 0.0536. The number of benzene rings is 2. The van der Waals surface area contributed by atoms with Crippen molar-refractivity contribution in [1.29, 1.82) is 0 Å². The van der Waals surface area contributed by atoms with Crippen LogP contribution in [0.25, 0.3) is 0 Å². The molecule has 0 saturated carbocycles. The summed E-state index contributed by atoms with van der Waals surface area (Å²) >= 11 is 6.41. The van der Waals surface area contributed by atoms with Crippen molar-refractivity contribution < 1.29 is 9.53 Å². The number of amides is 1. The lowest BCUT2D eigenvalue weighted by molar-refractivity contribution is 0.0773. The second kappa shape index (κ2) is 12.0. The molecule has 0 unspecified atom stereocenters. The van der Waals surface area contributed by atoms with Gasteiger partial charge in [0.2, 0.25) is 0 Å². The molecule has 0 bridgehead atoms. The molecule has 0 spiro atoms. The van der Waals surface area contributed by atoms with E-state index in [0.29, 0.717) is 23.7 Å². The number of rotatable bonds is 8. The molecule has 1 saturated heterocycles. The number of carbonyl (C=O) groups is 1. The van der Waals surface area contributed by atoms with Crippen molar-refractivity contribution in [2.24, 2.45) is 4.99 Å². The predicted octanol–water partition coefficient (Wildman–Crippen LogP) is 4.16. The number of halogens is 1. The van der Waals surface area contributed by atoms with Crippen molar-refractivity contribution in [2.45, 2.75) is 13.8 Å². The molecule has 1 aliphatic heterocycles. The summed E-state index contributed by atoms with van der Waals surface area (Å²) in [4.78, 5) is 24.2. The largest absolute Gasteiger partial charge is 0.383 e. The van der Waals surface area contributed by atoms with E-state index in [0.717, 1.165) is 56.4 Å². The first kappa shape index (κ1) is 24.2. The van der Waals surface area contributed by atoms with E-state index in [1.54, 1.807) is 7.11 Å². The molecule has 6 nitrogen and oxygen atoms in total. The minimum atomic E-state index is 0.0536. The van der Waals surface area contributed by atoms with Crippen molar-refractivity contribution in [3.8, 4) is 0 Å². The van der Waals surface area contributed by atoms with Gasteiger partial charge in [-0.2, -0.15) is 0 Å². The highest BCUT2D eigenvalue weighted by atomic mass is 35.5. The molecule has 2 aromatic rings. The summed E-state index contributed by atoms with van der Waals surface area (Å²) in [5.74, 6) is 0.934. The van der Waals surface area contributed by atoms with E-state index in [9.17, 15) is 4.79 Å². The second-order valence-corrected chi connectivity index (χ2v) is 8.17. The number of para-hydroxylation sites is 1. The molecular formula is C25H33ClN4O2. The Morgan fingerprint density at radius 1 is 1.00 bits per heavy atom. The quantitative estimate of drug-likeness (QED) is 0.442. The van der Waals surface area contributed by atoms with Crippen LogP contribution in [0.15, 0.2) is 53.5 Å². The van der Waals surface area contributed by atoms with Crippen molar-refractivity contribution in [2.75, 3.05) is 59.5 Å². The van der Waals surface area contributed by atoms with Gasteiger partial charge in [-0.1, -0.05) is 35.9 Å². The van der Waals surface area contributed by atoms with Gasteiger partial charge < -0.3 is 14.5 Å². The topological polar surface area (TPSA) is 48.4 Å². The van der Waals surface area contributed by atoms with Gasteiger partial charge >= 0.3 is 0 Å². The first-order valence-electron chi connectivity index (χ1n) is 11.3. The molecule has 0 aliphatic carbocycles. The number of hydrogen-bond donors (Lipinski definition) is 0. The Morgan fingerprint density at radius 3 is 2.22 bits per heavy atom. The number of methoxy groups -OCH3 is 1. The molecule has 0 radical (unpaired) electrons. The summed E-state index contributed by atoms with van der Waals surface area (Å²) in [6.45, 7) is 10.7. The van der Waals surface area contributed by atoms with E-state index in [2.05, 4.69) is 9.80 Å². The molecular weight excluding hydrogens is 424 g/mol. The van der Waals surface area contributed by atoms with Gasteiger partial charge in [-0.25, -0.2) is 4.99 Å². The Hall–Kier alpha value is -2.41. The highest BCUT2D eigenvalue weighted by molar-refractivity contribution is 6.33. The Labute approximate surface area is 196 Å². The highest BCUT2D eigenvalue weighted by Gasteiger charge is 2.22. The molecule has 7 heteroatoms. The fraction of sp³-hybridized carbons (Fsp3) is 0.440. The van der Waals surface area contributed by atoms with Crippen molar-refractivity contribution >= 4 is 29.0 Å². The van der Waals surface area contributed by atoms with Crippen LogP contribution in [-0.4, -0.2) is 86.0 Å². The van der Waals surface area contributed by atoms with Gasteiger partial charge in [-0.15, -0.1) is 0 Å². The van der Waals surface area contributed by atoms with E-state index in [4.69, 9.17) is 21.3 Å². The van der Waals surface area contributed by atoms with Crippen LogP contribution in [0, 0.1) is 0 Å². The first-order chi connectivity index (χ1) is 15.6. The summed E-state index contributed by atoms with van der Waals surface area (Å²) in [5, 5.41) is 0.622. The lowest BCUT2D eigenvalue weighted by atomic mass is 10.1. The summed E-state index contributed by atoms with van der Waals surface area (Å²) in [7, 11) is 1.74. The number of ether oxygens (including phenoxy) is 1. The standard InChI is InChI=1S/C25H33ClN4O2/c1-4-29(5-2)25(31)21-12-10-20(11-13-21)24(27-23-9-7-6-8-22(23)26)30-16-14-28(15-17-30)18-19-32-3/h6-13H,4-5,14-19H2,1-3H3. The number of amidine groups is 1. The predicted molar refractivity (Wildman–Crippen MR) is 131 cm³/mol. The fourth-order valence-electron chi connectivity index (χ4n) is 3.83. The van der Waals surface area contributed by atoms with Crippen LogP contribution in [0.3, 0.4) is 0 Å². The fourth-order valence-corrected chi connectivity index (χ4v) is 4.01. The molecule has 0 N–H and O–H groups in total.